The summed E-state index contributed by atoms with van der Waals surface area (Å²) in [6, 6.07) is 0.0989. The molecular weight excluding hydrogens is 476 g/mol. The summed E-state index contributed by atoms with van der Waals surface area (Å²) in [7, 11) is -1.87. The van der Waals surface area contributed by atoms with Crippen LogP contribution in [-0.4, -0.2) is 56.3 Å². The molecule has 2 heterocycles. The monoisotopic (exact) mass is 493 g/mol. The highest BCUT2D eigenvalue weighted by atomic mass is 127. The molecule has 2 rings (SSSR count). The van der Waals surface area contributed by atoms with Crippen molar-refractivity contribution in [1.82, 2.24) is 14.6 Å². The minimum Gasteiger partial charge on any atom is -0.381 e. The lowest BCUT2D eigenvalue weighted by atomic mass is 10.1. The molecule has 0 bridgehead atoms. The Bertz CT molecular complexity index is 770. The zero-order valence-electron chi connectivity index (χ0n) is 13.1. The average Bonchev–Trinajstić information content (AvgIpc) is 2.79. The minimum atomic E-state index is -4.57. The average molecular weight is 493 g/mol. The number of H-pyrrole nitrogens is 1. The topological polar surface area (TPSA) is 161 Å². The Morgan fingerprint density at radius 1 is 1.52 bits per heavy atom. The van der Waals surface area contributed by atoms with Crippen molar-refractivity contribution in [3.05, 3.63) is 33.1 Å². The van der Waals surface area contributed by atoms with Gasteiger partial charge in [-0.2, -0.15) is 0 Å². The molecule has 142 valence electrons. The molecule has 0 saturated carbocycles. The number of alkyl halides is 1. The summed E-state index contributed by atoms with van der Waals surface area (Å²) in [6.45, 7) is -0.0505. The zero-order chi connectivity index (χ0) is 18.8. The number of ether oxygens (including phenoxy) is 3. The lowest BCUT2D eigenvalue weighted by molar-refractivity contribution is -0.149. The molecular formula is C11H17IN3O9P. The molecule has 1 aromatic heterocycles. The minimum absolute atomic E-state index is 0.0505. The first-order chi connectivity index (χ1) is 11.7. The fourth-order valence-electron chi connectivity index (χ4n) is 2.54. The van der Waals surface area contributed by atoms with Crippen LogP contribution in [-0.2, 0) is 23.5 Å². The summed E-state index contributed by atoms with van der Waals surface area (Å²) in [5, 5.41) is 10.8. The van der Waals surface area contributed by atoms with Crippen LogP contribution in [0.2, 0.25) is 0 Å². The molecule has 0 radical (unpaired) electrons. The van der Waals surface area contributed by atoms with E-state index in [4.69, 9.17) is 19.5 Å². The summed E-state index contributed by atoms with van der Waals surface area (Å²) in [6.07, 6.45) is -0.811. The summed E-state index contributed by atoms with van der Waals surface area (Å²) < 4.78 is 31.4. The maximum Gasteiger partial charge on any atom is 0.430 e. The number of hydrogen-bond acceptors (Lipinski definition) is 8. The number of aromatic amines is 1. The van der Waals surface area contributed by atoms with Crippen LogP contribution in [0.1, 0.15) is 6.23 Å². The molecule has 1 fully saturated rings. The van der Waals surface area contributed by atoms with Crippen LogP contribution in [0.3, 0.4) is 0 Å². The third-order valence-electron chi connectivity index (χ3n) is 3.54. The molecule has 1 aliphatic rings. The van der Waals surface area contributed by atoms with Gasteiger partial charge < -0.3 is 19.1 Å². The van der Waals surface area contributed by atoms with E-state index in [0.717, 1.165) is 10.6 Å². The maximum absolute atomic E-state index is 12.1. The van der Waals surface area contributed by atoms with E-state index in [0.29, 0.717) is 0 Å². The molecule has 4 N–H and O–H groups in total. The van der Waals surface area contributed by atoms with Crippen LogP contribution in [0, 0.1) is 0 Å². The lowest BCUT2D eigenvalue weighted by Gasteiger charge is -2.30. The molecule has 0 aromatic carbocycles. The van der Waals surface area contributed by atoms with Crippen LogP contribution in [0.5, 0.6) is 0 Å². The molecule has 12 nitrogen and oxygen atoms in total. The van der Waals surface area contributed by atoms with Crippen LogP contribution < -0.4 is 16.3 Å². The number of rotatable bonds is 7. The number of halogens is 1. The van der Waals surface area contributed by atoms with Crippen LogP contribution in [0.4, 0.5) is 0 Å². The van der Waals surface area contributed by atoms with Crippen molar-refractivity contribution >= 4 is 30.3 Å². The predicted molar refractivity (Wildman–Crippen MR) is 91.3 cm³/mol. The predicted octanol–water partition coefficient (Wildman–Crippen LogP) is -0.594. The Hall–Kier alpha value is -0.640. The third kappa shape index (κ3) is 4.37. The quantitative estimate of drug-likeness (QED) is 0.127. The largest absolute Gasteiger partial charge is 0.430 e. The van der Waals surface area contributed by atoms with Gasteiger partial charge >= 0.3 is 13.4 Å². The fourth-order valence-corrected chi connectivity index (χ4v) is 4.62. The van der Waals surface area contributed by atoms with E-state index in [1.807, 2.05) is 22.6 Å². The standard InChI is InChI=1S/C11H17IN3O9P/c1-21-5-11(12)8(14-25(19,20)24-18)7(22-2)9(23-11)15-4-3-6(16)13-10(15)17/h3-4,7-9,18H,5H2,1-2H3,(H,13,16,17)(H2,14,19,20)/t7?,8?,9?,11-/m1/s1. The molecule has 1 saturated heterocycles. The Balaban J connectivity index is 2.48. The van der Waals surface area contributed by atoms with Crippen LogP contribution >= 0.6 is 30.3 Å². The summed E-state index contributed by atoms with van der Waals surface area (Å²) in [4.78, 5) is 34.9. The molecule has 4 unspecified atom stereocenters. The van der Waals surface area contributed by atoms with Gasteiger partial charge in [0, 0.05) is 26.5 Å². The third-order valence-corrected chi connectivity index (χ3v) is 5.60. The molecule has 1 aliphatic heterocycles. The smallest absolute Gasteiger partial charge is 0.381 e. The van der Waals surface area contributed by atoms with Gasteiger partial charge in [-0.3, -0.25) is 14.3 Å². The van der Waals surface area contributed by atoms with E-state index in [2.05, 4.69) is 14.7 Å². The molecule has 0 spiro atoms. The zero-order valence-corrected chi connectivity index (χ0v) is 16.2. The highest BCUT2D eigenvalue weighted by Crippen LogP contribution is 2.47. The van der Waals surface area contributed by atoms with Gasteiger partial charge in [0.05, 0.1) is 12.6 Å². The van der Waals surface area contributed by atoms with Gasteiger partial charge in [0.1, 0.15) is 6.10 Å². The van der Waals surface area contributed by atoms with Gasteiger partial charge in [-0.1, -0.05) is 0 Å². The molecule has 0 amide bonds. The fraction of sp³-hybridized carbons (Fsp3) is 0.636. The molecule has 0 aliphatic carbocycles. The van der Waals surface area contributed by atoms with Gasteiger partial charge in [0.2, 0.25) is 0 Å². The SMILES string of the molecule is COC[C@@]1(I)OC(n2ccc(=O)[nH]c2=O)C(OC)C1NP(=O)(O)OO. The summed E-state index contributed by atoms with van der Waals surface area (Å²) >= 11 is 1.84. The number of nitrogens with zero attached hydrogens (tertiary/aromatic N) is 1. The molecule has 5 atom stereocenters. The van der Waals surface area contributed by atoms with Gasteiger partial charge in [-0.25, -0.2) is 19.7 Å². The van der Waals surface area contributed by atoms with E-state index in [-0.39, 0.29) is 6.61 Å². The van der Waals surface area contributed by atoms with Crippen LogP contribution in [0.25, 0.3) is 0 Å². The Labute approximate surface area is 154 Å². The second-order valence-electron chi connectivity index (χ2n) is 5.15. The number of nitrogens with one attached hydrogen (secondary N) is 2. The van der Waals surface area contributed by atoms with E-state index >= 15 is 0 Å². The second-order valence-corrected chi connectivity index (χ2v) is 8.44. The van der Waals surface area contributed by atoms with Crippen molar-refractivity contribution in [3.8, 4) is 0 Å². The van der Waals surface area contributed by atoms with Crippen molar-refractivity contribution < 1.29 is 33.6 Å². The van der Waals surface area contributed by atoms with Crippen molar-refractivity contribution in [1.29, 1.82) is 0 Å². The second kappa shape index (κ2) is 7.94. The molecule has 25 heavy (non-hydrogen) atoms. The van der Waals surface area contributed by atoms with Crippen molar-refractivity contribution in [2.75, 3.05) is 20.8 Å². The lowest BCUT2D eigenvalue weighted by Crippen LogP contribution is -2.50. The maximum atomic E-state index is 12.1. The van der Waals surface area contributed by atoms with Gasteiger partial charge in [0.15, 0.2) is 9.84 Å². The molecule has 14 heteroatoms. The molecule has 1 aromatic rings. The normalized spacial score (nSPS) is 31.8. The van der Waals surface area contributed by atoms with E-state index in [9.17, 15) is 19.0 Å². The van der Waals surface area contributed by atoms with E-state index < -0.39 is 41.0 Å². The first-order valence-corrected chi connectivity index (χ1v) is 9.47. The van der Waals surface area contributed by atoms with Gasteiger partial charge in [0.25, 0.3) is 5.56 Å². The first-order valence-electron chi connectivity index (χ1n) is 6.81. The summed E-state index contributed by atoms with van der Waals surface area (Å²) in [5.74, 6) is 0. The van der Waals surface area contributed by atoms with Gasteiger partial charge in [-0.05, 0) is 22.6 Å². The highest BCUT2D eigenvalue weighted by Gasteiger charge is 2.57. The van der Waals surface area contributed by atoms with Gasteiger partial charge in [-0.15, -0.1) is 4.67 Å². The van der Waals surface area contributed by atoms with Crippen molar-refractivity contribution in [2.45, 2.75) is 22.0 Å². The van der Waals surface area contributed by atoms with Crippen molar-refractivity contribution in [3.63, 3.8) is 0 Å². The van der Waals surface area contributed by atoms with Crippen molar-refractivity contribution in [2.24, 2.45) is 0 Å². The number of hydrogen-bond donors (Lipinski definition) is 4. The number of aromatic nitrogens is 2. The van der Waals surface area contributed by atoms with Crippen LogP contribution in [0.15, 0.2) is 21.9 Å². The Morgan fingerprint density at radius 2 is 2.20 bits per heavy atom. The Morgan fingerprint density at radius 3 is 2.72 bits per heavy atom. The Kier molecular flexibility index (Phi) is 6.56. The van der Waals surface area contributed by atoms with E-state index in [1.165, 1.54) is 20.4 Å². The highest BCUT2D eigenvalue weighted by molar-refractivity contribution is 14.1. The first kappa shape index (κ1) is 20.7. The van der Waals surface area contributed by atoms with E-state index in [1.54, 1.807) is 0 Å². The summed E-state index contributed by atoms with van der Waals surface area (Å²) in [5.41, 5.74) is -1.34. The number of methoxy groups -OCH3 is 2.